The molecule has 0 amide bonds. The number of benzene rings is 1. The summed E-state index contributed by atoms with van der Waals surface area (Å²) in [6.45, 7) is 4.36. The quantitative estimate of drug-likeness (QED) is 0.847. The number of nitrogens with zero attached hydrogens (tertiary/aromatic N) is 5. The van der Waals surface area contributed by atoms with E-state index in [0.717, 1.165) is 25.6 Å². The first kappa shape index (κ1) is 13.6. The Morgan fingerprint density at radius 3 is 2.41 bits per heavy atom. The van der Waals surface area contributed by atoms with Crippen LogP contribution in [0.2, 0.25) is 0 Å². The van der Waals surface area contributed by atoms with Crippen LogP contribution in [0.25, 0.3) is 0 Å². The maximum absolute atomic E-state index is 4.26. The van der Waals surface area contributed by atoms with Crippen LogP contribution in [-0.4, -0.2) is 45.5 Å². The van der Waals surface area contributed by atoms with Gasteiger partial charge in [-0.1, -0.05) is 24.3 Å². The van der Waals surface area contributed by atoms with E-state index >= 15 is 0 Å². The number of anilines is 1. The summed E-state index contributed by atoms with van der Waals surface area (Å²) in [6, 6.07) is 9.55. The molecule has 0 unspecified atom stereocenters. The Kier molecular flexibility index (Phi) is 3.72. The van der Waals surface area contributed by atoms with Crippen molar-refractivity contribution < 1.29 is 0 Å². The first-order chi connectivity index (χ1) is 10.9. The molecule has 5 heteroatoms. The van der Waals surface area contributed by atoms with Gasteiger partial charge in [0.2, 0.25) is 5.95 Å². The lowest BCUT2D eigenvalue weighted by Gasteiger charge is -2.40. The number of piperidine rings is 1. The van der Waals surface area contributed by atoms with Gasteiger partial charge in [-0.05, 0) is 30.4 Å². The van der Waals surface area contributed by atoms with Crippen LogP contribution in [0.1, 0.15) is 24.0 Å². The van der Waals surface area contributed by atoms with E-state index in [0.29, 0.717) is 6.04 Å². The van der Waals surface area contributed by atoms with Gasteiger partial charge in [0, 0.05) is 32.2 Å². The minimum absolute atomic E-state index is 0.687. The molecule has 0 N–H and O–H groups in total. The smallest absolute Gasteiger partial charge is 0.228 e. The van der Waals surface area contributed by atoms with Crippen molar-refractivity contribution in [1.82, 2.24) is 19.9 Å². The van der Waals surface area contributed by atoms with Gasteiger partial charge in [-0.2, -0.15) is 0 Å². The highest BCUT2D eigenvalue weighted by Crippen LogP contribution is 2.25. The Morgan fingerprint density at radius 1 is 0.909 bits per heavy atom. The van der Waals surface area contributed by atoms with Crippen LogP contribution in [0.5, 0.6) is 0 Å². The van der Waals surface area contributed by atoms with E-state index in [1.54, 1.807) is 12.7 Å². The predicted molar refractivity (Wildman–Crippen MR) is 85.6 cm³/mol. The van der Waals surface area contributed by atoms with E-state index in [2.05, 4.69) is 49.0 Å². The summed E-state index contributed by atoms with van der Waals surface area (Å²) >= 11 is 0. The summed E-state index contributed by atoms with van der Waals surface area (Å²) in [6.07, 6.45) is 6.72. The maximum Gasteiger partial charge on any atom is 0.228 e. The lowest BCUT2D eigenvalue weighted by molar-refractivity contribution is 0.153. The SMILES string of the molecule is c1ccc2c(c1)CCN(C1CCN(c3ncncn3)CC1)C2. The highest BCUT2D eigenvalue weighted by Gasteiger charge is 2.27. The number of hydrogen-bond donors (Lipinski definition) is 0. The molecule has 1 saturated heterocycles. The molecule has 0 aliphatic carbocycles. The Bertz CT molecular complexity index is 622. The molecule has 0 atom stereocenters. The maximum atomic E-state index is 4.26. The van der Waals surface area contributed by atoms with Gasteiger partial charge in [0.1, 0.15) is 12.7 Å². The molecule has 1 aromatic carbocycles. The highest BCUT2D eigenvalue weighted by molar-refractivity contribution is 5.30. The van der Waals surface area contributed by atoms with E-state index in [4.69, 9.17) is 0 Å². The van der Waals surface area contributed by atoms with Gasteiger partial charge in [-0.25, -0.2) is 15.0 Å². The molecule has 4 rings (SSSR count). The number of fused-ring (bicyclic) bond motifs is 1. The van der Waals surface area contributed by atoms with Gasteiger partial charge < -0.3 is 4.90 Å². The van der Waals surface area contributed by atoms with Crippen LogP contribution in [0.15, 0.2) is 36.9 Å². The van der Waals surface area contributed by atoms with Gasteiger partial charge >= 0.3 is 0 Å². The van der Waals surface area contributed by atoms with Crippen molar-refractivity contribution in [1.29, 1.82) is 0 Å². The minimum atomic E-state index is 0.687. The zero-order valence-electron chi connectivity index (χ0n) is 12.7. The van der Waals surface area contributed by atoms with E-state index in [1.807, 2.05) is 0 Å². The lowest BCUT2D eigenvalue weighted by Crippen LogP contribution is -2.47. The fraction of sp³-hybridized carbons (Fsp3) is 0.471. The zero-order chi connectivity index (χ0) is 14.8. The average molecular weight is 295 g/mol. The number of hydrogen-bond acceptors (Lipinski definition) is 5. The standard InChI is InChI=1S/C17H21N5/c1-2-4-15-11-22(8-5-14(15)3-1)16-6-9-21(10-7-16)17-19-12-18-13-20-17/h1-4,12-13,16H,5-11H2. The molecule has 2 aromatic rings. The summed E-state index contributed by atoms with van der Waals surface area (Å²) in [7, 11) is 0. The summed E-state index contributed by atoms with van der Waals surface area (Å²) in [5.41, 5.74) is 3.04. The largest absolute Gasteiger partial charge is 0.341 e. The second kappa shape index (κ2) is 6.01. The summed E-state index contributed by atoms with van der Waals surface area (Å²) in [5, 5.41) is 0. The van der Waals surface area contributed by atoms with Gasteiger partial charge in [0.05, 0.1) is 0 Å². The molecule has 22 heavy (non-hydrogen) atoms. The zero-order valence-corrected chi connectivity index (χ0v) is 12.7. The summed E-state index contributed by atoms with van der Waals surface area (Å²) < 4.78 is 0. The van der Waals surface area contributed by atoms with E-state index < -0.39 is 0 Å². The second-order valence-electron chi connectivity index (χ2n) is 6.15. The van der Waals surface area contributed by atoms with Crippen LogP contribution in [0, 0.1) is 0 Å². The Balaban J connectivity index is 1.38. The van der Waals surface area contributed by atoms with E-state index in [1.165, 1.54) is 36.9 Å². The van der Waals surface area contributed by atoms with Gasteiger partial charge in [-0.15, -0.1) is 0 Å². The third-order valence-corrected chi connectivity index (χ3v) is 4.90. The third-order valence-electron chi connectivity index (χ3n) is 4.90. The van der Waals surface area contributed by atoms with Crippen molar-refractivity contribution in [3.8, 4) is 0 Å². The fourth-order valence-corrected chi connectivity index (χ4v) is 3.66. The first-order valence-corrected chi connectivity index (χ1v) is 8.08. The van der Waals surface area contributed by atoms with Gasteiger partial charge in [0.15, 0.2) is 0 Å². The number of aromatic nitrogens is 3. The third kappa shape index (κ3) is 2.68. The van der Waals surface area contributed by atoms with Crippen molar-refractivity contribution >= 4 is 5.95 Å². The van der Waals surface area contributed by atoms with Crippen LogP contribution >= 0.6 is 0 Å². The Labute approximate surface area is 131 Å². The molecule has 2 aliphatic heterocycles. The topological polar surface area (TPSA) is 45.2 Å². The molecule has 3 heterocycles. The monoisotopic (exact) mass is 295 g/mol. The first-order valence-electron chi connectivity index (χ1n) is 8.08. The van der Waals surface area contributed by atoms with Gasteiger partial charge in [0.25, 0.3) is 0 Å². The molecule has 5 nitrogen and oxygen atoms in total. The van der Waals surface area contributed by atoms with Crippen molar-refractivity contribution in [2.75, 3.05) is 24.5 Å². The normalized spacial score (nSPS) is 19.9. The molecule has 0 saturated carbocycles. The van der Waals surface area contributed by atoms with Crippen molar-refractivity contribution in [3.05, 3.63) is 48.0 Å². The molecule has 1 fully saturated rings. The summed E-state index contributed by atoms with van der Waals surface area (Å²) in [5.74, 6) is 0.817. The average Bonchev–Trinajstić information content (AvgIpc) is 2.62. The highest BCUT2D eigenvalue weighted by atomic mass is 15.3. The van der Waals surface area contributed by atoms with E-state index in [9.17, 15) is 0 Å². The van der Waals surface area contributed by atoms with Crippen LogP contribution < -0.4 is 4.90 Å². The summed E-state index contributed by atoms with van der Waals surface area (Å²) in [4.78, 5) is 17.3. The predicted octanol–water partition coefficient (Wildman–Crippen LogP) is 1.90. The molecular formula is C17H21N5. The van der Waals surface area contributed by atoms with Crippen LogP contribution in [0.4, 0.5) is 5.95 Å². The number of rotatable bonds is 2. The van der Waals surface area contributed by atoms with Crippen molar-refractivity contribution in [2.24, 2.45) is 0 Å². The van der Waals surface area contributed by atoms with Crippen LogP contribution in [0.3, 0.4) is 0 Å². The Morgan fingerprint density at radius 2 is 1.64 bits per heavy atom. The fourth-order valence-electron chi connectivity index (χ4n) is 3.66. The second-order valence-corrected chi connectivity index (χ2v) is 6.15. The molecule has 2 aliphatic rings. The molecule has 1 aromatic heterocycles. The minimum Gasteiger partial charge on any atom is -0.341 e. The van der Waals surface area contributed by atoms with E-state index in [-0.39, 0.29) is 0 Å². The lowest BCUT2D eigenvalue weighted by atomic mass is 9.95. The van der Waals surface area contributed by atoms with Crippen molar-refractivity contribution in [3.63, 3.8) is 0 Å². The Hall–Kier alpha value is -2.01. The molecule has 0 bridgehead atoms. The van der Waals surface area contributed by atoms with Gasteiger partial charge in [-0.3, -0.25) is 4.90 Å². The van der Waals surface area contributed by atoms with Crippen LogP contribution in [-0.2, 0) is 13.0 Å². The van der Waals surface area contributed by atoms with Crippen molar-refractivity contribution in [2.45, 2.75) is 31.8 Å². The molecule has 114 valence electrons. The molecule has 0 radical (unpaired) electrons. The molecular weight excluding hydrogens is 274 g/mol. The molecule has 0 spiro atoms.